The van der Waals surface area contributed by atoms with Gasteiger partial charge in [-0.25, -0.2) is 0 Å². The predicted molar refractivity (Wildman–Crippen MR) is 91.9 cm³/mol. The quantitative estimate of drug-likeness (QED) is 0.940. The number of pyridine rings is 1. The maximum atomic E-state index is 4.33. The summed E-state index contributed by atoms with van der Waals surface area (Å²) in [6, 6.07) is 9.59. The molecular formula is C17H23N3S. The standard InChI is InChI=1S/C17H23N3S/c1-3-19-17(16-12-21-10-9-20(16)2)14-6-4-5-13-7-8-18-11-15(13)14/h4-8,11,16-17,19H,3,9-10,12H2,1-2H3. The van der Waals surface area contributed by atoms with Crippen LogP contribution in [0, 0.1) is 0 Å². The Labute approximate surface area is 131 Å². The third-order valence-electron chi connectivity index (χ3n) is 4.30. The number of nitrogens with one attached hydrogen (secondary N) is 1. The van der Waals surface area contributed by atoms with Crippen LogP contribution in [-0.2, 0) is 0 Å². The van der Waals surface area contributed by atoms with Gasteiger partial charge in [-0.2, -0.15) is 11.8 Å². The van der Waals surface area contributed by atoms with Gasteiger partial charge >= 0.3 is 0 Å². The van der Waals surface area contributed by atoms with E-state index in [1.807, 2.05) is 12.4 Å². The molecule has 2 unspecified atom stereocenters. The van der Waals surface area contributed by atoms with E-state index in [-0.39, 0.29) is 0 Å². The molecule has 1 saturated heterocycles. The number of likely N-dealkylation sites (N-methyl/N-ethyl adjacent to an activating group) is 2. The van der Waals surface area contributed by atoms with Gasteiger partial charge in [-0.05, 0) is 30.6 Å². The summed E-state index contributed by atoms with van der Waals surface area (Å²) in [5, 5.41) is 6.26. The number of hydrogen-bond acceptors (Lipinski definition) is 4. The van der Waals surface area contributed by atoms with E-state index in [2.05, 4.69) is 65.2 Å². The van der Waals surface area contributed by atoms with Gasteiger partial charge in [0.05, 0.1) is 0 Å². The minimum absolute atomic E-state index is 0.362. The molecule has 2 aromatic rings. The summed E-state index contributed by atoms with van der Waals surface area (Å²) in [4.78, 5) is 6.83. The molecule has 0 radical (unpaired) electrons. The van der Waals surface area contributed by atoms with Gasteiger partial charge in [-0.15, -0.1) is 0 Å². The van der Waals surface area contributed by atoms with E-state index in [1.54, 1.807) is 0 Å². The molecule has 3 rings (SSSR count). The third-order valence-corrected chi connectivity index (χ3v) is 5.35. The molecule has 0 saturated carbocycles. The summed E-state index contributed by atoms with van der Waals surface area (Å²) in [6.45, 7) is 4.34. The van der Waals surface area contributed by atoms with Crippen molar-refractivity contribution < 1.29 is 0 Å². The van der Waals surface area contributed by atoms with Crippen LogP contribution in [0.5, 0.6) is 0 Å². The fourth-order valence-corrected chi connectivity index (χ4v) is 4.41. The Bertz CT molecular complexity index is 596. The van der Waals surface area contributed by atoms with Crippen molar-refractivity contribution in [1.29, 1.82) is 0 Å². The van der Waals surface area contributed by atoms with Gasteiger partial charge in [0.1, 0.15) is 0 Å². The fraction of sp³-hybridized carbons (Fsp3) is 0.471. The molecule has 4 heteroatoms. The minimum atomic E-state index is 0.362. The molecule has 1 fully saturated rings. The first-order valence-corrected chi connectivity index (χ1v) is 8.80. The second kappa shape index (κ2) is 6.77. The molecule has 3 nitrogen and oxygen atoms in total. The van der Waals surface area contributed by atoms with Crippen molar-refractivity contribution in [3.05, 3.63) is 42.2 Å². The summed E-state index contributed by atoms with van der Waals surface area (Å²) < 4.78 is 0. The predicted octanol–water partition coefficient (Wildman–Crippen LogP) is 2.93. The van der Waals surface area contributed by atoms with Crippen LogP contribution in [0.2, 0.25) is 0 Å². The number of benzene rings is 1. The van der Waals surface area contributed by atoms with Crippen molar-refractivity contribution in [2.45, 2.75) is 19.0 Å². The van der Waals surface area contributed by atoms with E-state index in [4.69, 9.17) is 0 Å². The average molecular weight is 301 g/mol. The summed E-state index contributed by atoms with van der Waals surface area (Å²) in [7, 11) is 2.25. The van der Waals surface area contributed by atoms with Gasteiger partial charge in [0.15, 0.2) is 0 Å². The van der Waals surface area contributed by atoms with Gasteiger partial charge in [-0.3, -0.25) is 9.88 Å². The fourth-order valence-electron chi connectivity index (χ4n) is 3.14. The number of aromatic nitrogens is 1. The Hall–Kier alpha value is -1.10. The second-order valence-corrected chi connectivity index (χ2v) is 6.75. The lowest BCUT2D eigenvalue weighted by atomic mass is 9.94. The van der Waals surface area contributed by atoms with Crippen molar-refractivity contribution in [2.24, 2.45) is 0 Å². The molecule has 0 aliphatic carbocycles. The molecule has 1 aromatic carbocycles. The minimum Gasteiger partial charge on any atom is -0.309 e. The van der Waals surface area contributed by atoms with Crippen LogP contribution in [0.15, 0.2) is 36.7 Å². The Balaban J connectivity index is 2.02. The van der Waals surface area contributed by atoms with Gasteiger partial charge in [0, 0.05) is 47.9 Å². The average Bonchev–Trinajstić information content (AvgIpc) is 2.53. The Morgan fingerprint density at radius 2 is 2.33 bits per heavy atom. The van der Waals surface area contributed by atoms with Crippen LogP contribution in [-0.4, -0.2) is 47.6 Å². The van der Waals surface area contributed by atoms with Crippen molar-refractivity contribution in [3.8, 4) is 0 Å². The molecule has 21 heavy (non-hydrogen) atoms. The normalized spacial score (nSPS) is 21.5. The monoisotopic (exact) mass is 301 g/mol. The zero-order valence-corrected chi connectivity index (χ0v) is 13.6. The van der Waals surface area contributed by atoms with Crippen molar-refractivity contribution in [3.63, 3.8) is 0 Å². The van der Waals surface area contributed by atoms with Crippen LogP contribution in [0.25, 0.3) is 10.8 Å². The van der Waals surface area contributed by atoms with E-state index in [0.717, 1.165) is 6.54 Å². The highest BCUT2D eigenvalue weighted by atomic mass is 32.2. The third kappa shape index (κ3) is 3.07. The van der Waals surface area contributed by atoms with Crippen molar-refractivity contribution >= 4 is 22.5 Å². The van der Waals surface area contributed by atoms with Gasteiger partial charge in [-0.1, -0.05) is 25.1 Å². The molecule has 1 aliphatic heterocycles. The SMILES string of the molecule is CCNC(c1cccc2ccncc12)C1CSCCN1C. The maximum Gasteiger partial charge on any atom is 0.0492 e. The van der Waals surface area contributed by atoms with E-state index >= 15 is 0 Å². The van der Waals surface area contributed by atoms with E-state index in [0.29, 0.717) is 12.1 Å². The summed E-state index contributed by atoms with van der Waals surface area (Å²) in [5.74, 6) is 2.42. The molecule has 112 valence electrons. The first-order chi connectivity index (χ1) is 10.3. The Morgan fingerprint density at radius 3 is 3.14 bits per heavy atom. The largest absolute Gasteiger partial charge is 0.309 e. The highest BCUT2D eigenvalue weighted by molar-refractivity contribution is 7.99. The zero-order valence-electron chi connectivity index (χ0n) is 12.7. The van der Waals surface area contributed by atoms with Crippen molar-refractivity contribution in [1.82, 2.24) is 15.2 Å². The zero-order chi connectivity index (χ0) is 14.7. The molecule has 0 spiro atoms. The topological polar surface area (TPSA) is 28.2 Å². The molecule has 0 bridgehead atoms. The van der Waals surface area contributed by atoms with Crippen LogP contribution >= 0.6 is 11.8 Å². The number of fused-ring (bicyclic) bond motifs is 1. The van der Waals surface area contributed by atoms with Crippen molar-refractivity contribution in [2.75, 3.05) is 31.6 Å². The molecular weight excluding hydrogens is 278 g/mol. The van der Waals surface area contributed by atoms with Gasteiger partial charge in [0.25, 0.3) is 0 Å². The highest BCUT2D eigenvalue weighted by Crippen LogP contribution is 2.31. The lowest BCUT2D eigenvalue weighted by molar-refractivity contribution is 0.218. The molecule has 2 atom stereocenters. The van der Waals surface area contributed by atoms with Gasteiger partial charge < -0.3 is 5.32 Å². The molecule has 2 heterocycles. The second-order valence-electron chi connectivity index (χ2n) is 5.60. The lowest BCUT2D eigenvalue weighted by Crippen LogP contribution is -2.47. The highest BCUT2D eigenvalue weighted by Gasteiger charge is 2.29. The first kappa shape index (κ1) is 14.8. The number of nitrogens with zero attached hydrogens (tertiary/aromatic N) is 2. The maximum absolute atomic E-state index is 4.33. The van der Waals surface area contributed by atoms with E-state index in [9.17, 15) is 0 Å². The van der Waals surface area contributed by atoms with E-state index in [1.165, 1.54) is 34.4 Å². The van der Waals surface area contributed by atoms with E-state index < -0.39 is 0 Å². The molecule has 1 N–H and O–H groups in total. The number of hydrogen-bond donors (Lipinski definition) is 1. The van der Waals surface area contributed by atoms with Crippen LogP contribution < -0.4 is 5.32 Å². The molecule has 1 aliphatic rings. The molecule has 0 amide bonds. The Kier molecular flexibility index (Phi) is 4.78. The lowest BCUT2D eigenvalue weighted by Gasteiger charge is -2.38. The summed E-state index contributed by atoms with van der Waals surface area (Å²) >= 11 is 2.06. The van der Waals surface area contributed by atoms with Gasteiger partial charge in [0.2, 0.25) is 0 Å². The molecule has 1 aromatic heterocycles. The first-order valence-electron chi connectivity index (χ1n) is 7.65. The Morgan fingerprint density at radius 1 is 1.43 bits per heavy atom. The summed E-state index contributed by atoms with van der Waals surface area (Å²) in [5.41, 5.74) is 1.38. The van der Waals surface area contributed by atoms with Crippen LogP contribution in [0.4, 0.5) is 0 Å². The van der Waals surface area contributed by atoms with Crippen LogP contribution in [0.1, 0.15) is 18.5 Å². The number of rotatable bonds is 4. The smallest absolute Gasteiger partial charge is 0.0492 e. The number of thioether (sulfide) groups is 1. The summed E-state index contributed by atoms with van der Waals surface area (Å²) in [6.07, 6.45) is 3.88. The van der Waals surface area contributed by atoms with Crippen LogP contribution in [0.3, 0.4) is 0 Å².